The Bertz CT molecular complexity index is 354. The minimum atomic E-state index is -2.64. The molecule has 94 valence electrons. The van der Waals surface area contributed by atoms with Crippen LogP contribution in [-0.4, -0.2) is 37.0 Å². The van der Waals surface area contributed by atoms with Crippen molar-refractivity contribution in [2.45, 2.75) is 24.9 Å². The highest BCUT2D eigenvalue weighted by molar-refractivity contribution is 5.14. The molecule has 2 nitrogen and oxygen atoms in total. The molecule has 1 fully saturated rings. The van der Waals surface area contributed by atoms with E-state index in [1.54, 1.807) is 7.05 Å². The van der Waals surface area contributed by atoms with E-state index in [2.05, 4.69) is 5.32 Å². The predicted molar refractivity (Wildman–Crippen MR) is 64.1 cm³/mol. The van der Waals surface area contributed by atoms with Crippen molar-refractivity contribution in [1.82, 2.24) is 10.2 Å². The number of hydrogen-bond acceptors (Lipinski definition) is 2. The van der Waals surface area contributed by atoms with Gasteiger partial charge >= 0.3 is 0 Å². The lowest BCUT2D eigenvalue weighted by atomic mass is 10.0. The second-order valence-corrected chi connectivity index (χ2v) is 4.59. The van der Waals surface area contributed by atoms with Crippen LogP contribution in [0.25, 0.3) is 0 Å². The summed E-state index contributed by atoms with van der Waals surface area (Å²) >= 11 is 0. The fourth-order valence-electron chi connectivity index (χ4n) is 2.34. The van der Waals surface area contributed by atoms with Crippen molar-refractivity contribution in [3.63, 3.8) is 0 Å². The average Bonchev–Trinajstić information content (AvgIpc) is 2.29. The maximum atomic E-state index is 13.7. The monoisotopic (exact) mass is 240 g/mol. The van der Waals surface area contributed by atoms with Crippen molar-refractivity contribution < 1.29 is 8.78 Å². The van der Waals surface area contributed by atoms with E-state index in [0.29, 0.717) is 13.0 Å². The molecule has 1 saturated heterocycles. The largest absolute Gasteiger partial charge is 0.312 e. The van der Waals surface area contributed by atoms with Gasteiger partial charge < -0.3 is 5.32 Å². The number of piperidine rings is 1. The Morgan fingerprint density at radius 2 is 2.06 bits per heavy atom. The number of alkyl halides is 2. The molecular formula is C13H18F2N2. The summed E-state index contributed by atoms with van der Waals surface area (Å²) < 4.78 is 27.4. The lowest BCUT2D eigenvalue weighted by Crippen LogP contribution is -2.55. The van der Waals surface area contributed by atoms with Crippen LogP contribution >= 0.6 is 0 Å². The third-order valence-electron chi connectivity index (χ3n) is 3.28. The van der Waals surface area contributed by atoms with Gasteiger partial charge in [-0.3, -0.25) is 4.90 Å². The van der Waals surface area contributed by atoms with Crippen molar-refractivity contribution in [1.29, 1.82) is 0 Å². The third kappa shape index (κ3) is 3.01. The summed E-state index contributed by atoms with van der Waals surface area (Å²) in [6.07, 6.45) is 0.496. The molecule has 0 amide bonds. The number of nitrogens with zero attached hydrogens (tertiary/aromatic N) is 1. The van der Waals surface area contributed by atoms with Gasteiger partial charge in [0, 0.05) is 13.1 Å². The molecular weight excluding hydrogens is 222 g/mol. The van der Waals surface area contributed by atoms with Crippen molar-refractivity contribution in [3.05, 3.63) is 35.9 Å². The van der Waals surface area contributed by atoms with Gasteiger partial charge in [0.25, 0.3) is 5.92 Å². The van der Waals surface area contributed by atoms with Gasteiger partial charge in [0.1, 0.15) is 0 Å². The van der Waals surface area contributed by atoms with Crippen LogP contribution in [0.1, 0.15) is 12.0 Å². The SMILES string of the molecule is CNC1CCN(Cc2ccccc2)CC1(F)F. The summed E-state index contributed by atoms with van der Waals surface area (Å²) in [5.74, 6) is -2.64. The Morgan fingerprint density at radius 1 is 1.35 bits per heavy atom. The van der Waals surface area contributed by atoms with E-state index in [9.17, 15) is 8.78 Å². The van der Waals surface area contributed by atoms with E-state index >= 15 is 0 Å². The molecule has 1 aromatic rings. The molecule has 0 saturated carbocycles. The normalized spacial score (nSPS) is 24.8. The second-order valence-electron chi connectivity index (χ2n) is 4.59. The van der Waals surface area contributed by atoms with Crippen LogP contribution < -0.4 is 5.32 Å². The predicted octanol–water partition coefficient (Wildman–Crippen LogP) is 2.12. The Morgan fingerprint density at radius 3 is 2.65 bits per heavy atom. The molecule has 1 aromatic carbocycles. The van der Waals surface area contributed by atoms with E-state index < -0.39 is 12.0 Å². The lowest BCUT2D eigenvalue weighted by molar-refractivity contribution is -0.0902. The highest BCUT2D eigenvalue weighted by Crippen LogP contribution is 2.27. The summed E-state index contributed by atoms with van der Waals surface area (Å²) in [5, 5.41) is 2.70. The first kappa shape index (κ1) is 12.5. The van der Waals surface area contributed by atoms with E-state index in [4.69, 9.17) is 0 Å². The van der Waals surface area contributed by atoms with Crippen LogP contribution in [0.4, 0.5) is 8.78 Å². The molecule has 0 bridgehead atoms. The molecule has 0 aliphatic carbocycles. The van der Waals surface area contributed by atoms with Crippen LogP contribution in [-0.2, 0) is 6.54 Å². The number of benzene rings is 1. The van der Waals surface area contributed by atoms with Gasteiger partial charge in [0.05, 0.1) is 12.6 Å². The van der Waals surface area contributed by atoms with Gasteiger partial charge in [-0.2, -0.15) is 0 Å². The number of likely N-dealkylation sites (tertiary alicyclic amines) is 1. The maximum Gasteiger partial charge on any atom is 0.275 e. The first-order valence-corrected chi connectivity index (χ1v) is 5.93. The highest BCUT2D eigenvalue weighted by Gasteiger charge is 2.43. The maximum absolute atomic E-state index is 13.7. The highest BCUT2D eigenvalue weighted by atomic mass is 19.3. The van der Waals surface area contributed by atoms with Crippen molar-refractivity contribution in [2.24, 2.45) is 0 Å². The van der Waals surface area contributed by atoms with E-state index in [-0.39, 0.29) is 6.54 Å². The van der Waals surface area contributed by atoms with E-state index in [1.165, 1.54) is 0 Å². The molecule has 1 aliphatic heterocycles. The fraction of sp³-hybridized carbons (Fsp3) is 0.538. The Hall–Kier alpha value is -1.00. The first-order chi connectivity index (χ1) is 8.12. The summed E-state index contributed by atoms with van der Waals surface area (Å²) in [7, 11) is 1.60. The topological polar surface area (TPSA) is 15.3 Å². The number of halogens is 2. The van der Waals surface area contributed by atoms with Crippen molar-refractivity contribution in [2.75, 3.05) is 20.1 Å². The number of nitrogens with one attached hydrogen (secondary N) is 1. The average molecular weight is 240 g/mol. The van der Waals surface area contributed by atoms with Gasteiger partial charge in [-0.05, 0) is 19.0 Å². The van der Waals surface area contributed by atoms with Crippen LogP contribution in [0.5, 0.6) is 0 Å². The van der Waals surface area contributed by atoms with Gasteiger partial charge in [0.2, 0.25) is 0 Å². The van der Waals surface area contributed by atoms with Crippen LogP contribution in [0.2, 0.25) is 0 Å². The minimum Gasteiger partial charge on any atom is -0.312 e. The quantitative estimate of drug-likeness (QED) is 0.870. The van der Waals surface area contributed by atoms with E-state index in [0.717, 1.165) is 12.1 Å². The molecule has 0 spiro atoms. The number of rotatable bonds is 3. The summed E-state index contributed by atoms with van der Waals surface area (Å²) in [6.45, 7) is 1.16. The van der Waals surface area contributed by atoms with Crippen LogP contribution in [0.3, 0.4) is 0 Å². The second kappa shape index (κ2) is 5.10. The molecule has 2 rings (SSSR count). The molecule has 0 radical (unpaired) electrons. The molecule has 1 atom stereocenters. The zero-order valence-electron chi connectivity index (χ0n) is 10.00. The molecule has 1 aliphatic rings. The number of hydrogen-bond donors (Lipinski definition) is 1. The molecule has 0 aromatic heterocycles. The zero-order chi connectivity index (χ0) is 12.3. The van der Waals surface area contributed by atoms with Gasteiger partial charge in [-0.1, -0.05) is 30.3 Å². The van der Waals surface area contributed by atoms with Crippen molar-refractivity contribution >= 4 is 0 Å². The molecule has 1 unspecified atom stereocenters. The zero-order valence-corrected chi connectivity index (χ0v) is 10.00. The minimum absolute atomic E-state index is 0.159. The molecule has 1 heterocycles. The first-order valence-electron chi connectivity index (χ1n) is 5.93. The Labute approximate surface area is 101 Å². The molecule has 1 N–H and O–H groups in total. The summed E-state index contributed by atoms with van der Waals surface area (Å²) in [4.78, 5) is 1.82. The molecule has 4 heteroatoms. The van der Waals surface area contributed by atoms with Gasteiger partial charge in [-0.15, -0.1) is 0 Å². The molecule has 17 heavy (non-hydrogen) atoms. The summed E-state index contributed by atoms with van der Waals surface area (Å²) in [5.41, 5.74) is 1.09. The third-order valence-corrected chi connectivity index (χ3v) is 3.28. The van der Waals surface area contributed by atoms with E-state index in [1.807, 2.05) is 35.2 Å². The Kier molecular flexibility index (Phi) is 3.74. The fourth-order valence-corrected chi connectivity index (χ4v) is 2.34. The standard InChI is InChI=1S/C13H18F2N2/c1-16-12-7-8-17(10-13(12,14)15)9-11-5-3-2-4-6-11/h2-6,12,16H,7-10H2,1H3. The van der Waals surface area contributed by atoms with Crippen LogP contribution in [0, 0.1) is 0 Å². The lowest BCUT2D eigenvalue weighted by Gasteiger charge is -2.38. The van der Waals surface area contributed by atoms with Gasteiger partial charge in [-0.25, -0.2) is 8.78 Å². The smallest absolute Gasteiger partial charge is 0.275 e. The van der Waals surface area contributed by atoms with Gasteiger partial charge in [0.15, 0.2) is 0 Å². The van der Waals surface area contributed by atoms with Crippen LogP contribution in [0.15, 0.2) is 30.3 Å². The summed E-state index contributed by atoms with van der Waals surface area (Å²) in [6, 6.07) is 9.08. The van der Waals surface area contributed by atoms with Crippen molar-refractivity contribution in [3.8, 4) is 0 Å². The Balaban J connectivity index is 1.97.